The zero-order valence-corrected chi connectivity index (χ0v) is 18.4. The highest BCUT2D eigenvalue weighted by molar-refractivity contribution is 5.92. The fourth-order valence-electron chi connectivity index (χ4n) is 4.37. The van der Waals surface area contributed by atoms with Crippen molar-refractivity contribution < 1.29 is 23.5 Å². The van der Waals surface area contributed by atoms with Crippen LogP contribution in [0.3, 0.4) is 0 Å². The quantitative estimate of drug-likeness (QED) is 0.592. The van der Waals surface area contributed by atoms with Crippen LogP contribution < -0.4 is 0 Å². The first-order chi connectivity index (χ1) is 15.1. The van der Waals surface area contributed by atoms with Gasteiger partial charge in [-0.3, -0.25) is 9.48 Å². The molecule has 170 valence electrons. The lowest BCUT2D eigenvalue weighted by atomic mass is 9.83. The van der Waals surface area contributed by atoms with Gasteiger partial charge in [0.2, 0.25) is 0 Å². The van der Waals surface area contributed by atoms with E-state index in [9.17, 15) is 4.79 Å². The highest BCUT2D eigenvalue weighted by Gasteiger charge is 2.41. The second-order valence-corrected chi connectivity index (χ2v) is 8.40. The minimum absolute atomic E-state index is 0.0955. The maximum absolute atomic E-state index is 12.9. The van der Waals surface area contributed by atoms with E-state index < -0.39 is 0 Å². The average Bonchev–Trinajstić information content (AvgIpc) is 3.41. The molecular formula is C22H32N4O5. The van der Waals surface area contributed by atoms with Crippen molar-refractivity contribution in [1.82, 2.24) is 19.8 Å². The fourth-order valence-corrected chi connectivity index (χ4v) is 4.37. The van der Waals surface area contributed by atoms with E-state index in [0.717, 1.165) is 31.2 Å². The number of amides is 1. The van der Waals surface area contributed by atoms with Crippen LogP contribution in [0, 0.1) is 6.92 Å². The molecule has 31 heavy (non-hydrogen) atoms. The van der Waals surface area contributed by atoms with Gasteiger partial charge in [-0.15, -0.1) is 0 Å². The van der Waals surface area contributed by atoms with Crippen molar-refractivity contribution in [2.75, 3.05) is 39.5 Å². The molecule has 4 rings (SSSR count). The number of carbonyl (C=O) groups is 1. The van der Waals surface area contributed by atoms with Crippen LogP contribution in [0.15, 0.2) is 23.0 Å². The second-order valence-electron chi connectivity index (χ2n) is 8.40. The van der Waals surface area contributed by atoms with E-state index in [0.29, 0.717) is 57.5 Å². The van der Waals surface area contributed by atoms with Gasteiger partial charge in [0.15, 0.2) is 11.5 Å². The zero-order valence-electron chi connectivity index (χ0n) is 18.4. The van der Waals surface area contributed by atoms with Crippen molar-refractivity contribution in [1.29, 1.82) is 0 Å². The number of hydrogen-bond donors (Lipinski definition) is 0. The summed E-state index contributed by atoms with van der Waals surface area (Å²) in [5.41, 5.74) is 1.22. The third kappa shape index (κ3) is 5.53. The lowest BCUT2D eigenvalue weighted by molar-refractivity contribution is -0.155. The summed E-state index contributed by atoms with van der Waals surface area (Å²) in [5, 5.41) is 8.23. The van der Waals surface area contributed by atoms with E-state index in [-0.39, 0.29) is 17.6 Å². The van der Waals surface area contributed by atoms with E-state index in [1.54, 1.807) is 16.9 Å². The molecule has 1 atom stereocenters. The van der Waals surface area contributed by atoms with E-state index >= 15 is 0 Å². The van der Waals surface area contributed by atoms with Gasteiger partial charge in [-0.25, -0.2) is 0 Å². The van der Waals surface area contributed by atoms with Crippen LogP contribution in [0.4, 0.5) is 0 Å². The molecule has 0 aromatic carbocycles. The largest absolute Gasteiger partial charge is 0.379 e. The molecule has 2 aromatic heterocycles. The molecule has 2 aliphatic heterocycles. The molecule has 9 nitrogen and oxygen atoms in total. The van der Waals surface area contributed by atoms with Gasteiger partial charge in [-0.1, -0.05) is 5.16 Å². The molecule has 2 aliphatic rings. The van der Waals surface area contributed by atoms with Crippen molar-refractivity contribution in [3.05, 3.63) is 35.5 Å². The first-order valence-electron chi connectivity index (χ1n) is 11.1. The third-order valence-corrected chi connectivity index (χ3v) is 6.05. The highest BCUT2D eigenvalue weighted by Crippen LogP contribution is 2.36. The van der Waals surface area contributed by atoms with Gasteiger partial charge >= 0.3 is 0 Å². The van der Waals surface area contributed by atoms with Crippen LogP contribution in [0.5, 0.6) is 0 Å². The minimum atomic E-state index is -0.196. The molecule has 0 saturated carbocycles. The molecular weight excluding hydrogens is 400 g/mol. The normalized spacial score (nSPS) is 21.0. The molecule has 1 spiro atoms. The lowest BCUT2D eigenvalue weighted by Crippen LogP contribution is -2.52. The standard InChI is InChI=1S/C22H32N4O5/c1-3-28-10-11-29-18-4-9-30-22(13-18)5-7-25(8-6-22)21(27)20-12-19(31-24-20)16-26-15-17(2)14-23-26/h12,14-15,18H,3-11,13,16H2,1-2H3. The maximum Gasteiger partial charge on any atom is 0.276 e. The van der Waals surface area contributed by atoms with Crippen molar-refractivity contribution >= 4 is 5.91 Å². The van der Waals surface area contributed by atoms with Crippen LogP contribution in [-0.4, -0.2) is 77.0 Å². The number of aromatic nitrogens is 3. The van der Waals surface area contributed by atoms with Gasteiger partial charge in [-0.05, 0) is 38.7 Å². The number of nitrogens with zero attached hydrogens (tertiary/aromatic N) is 4. The van der Waals surface area contributed by atoms with Gasteiger partial charge < -0.3 is 23.6 Å². The van der Waals surface area contributed by atoms with E-state index in [1.165, 1.54) is 0 Å². The summed E-state index contributed by atoms with van der Waals surface area (Å²) in [6.07, 6.45) is 7.30. The van der Waals surface area contributed by atoms with Gasteiger partial charge in [-0.2, -0.15) is 5.10 Å². The van der Waals surface area contributed by atoms with Crippen LogP contribution >= 0.6 is 0 Å². The van der Waals surface area contributed by atoms with E-state index in [4.69, 9.17) is 18.7 Å². The Labute approximate surface area is 182 Å². The van der Waals surface area contributed by atoms with Gasteiger partial charge in [0.25, 0.3) is 5.91 Å². The van der Waals surface area contributed by atoms with Crippen molar-refractivity contribution in [3.8, 4) is 0 Å². The van der Waals surface area contributed by atoms with Crippen LogP contribution in [0.2, 0.25) is 0 Å². The van der Waals surface area contributed by atoms with E-state index in [2.05, 4.69) is 10.3 Å². The second kappa shape index (κ2) is 9.93. The summed E-state index contributed by atoms with van der Waals surface area (Å²) in [6, 6.07) is 1.71. The SMILES string of the molecule is CCOCCOC1CCOC2(CCN(C(=O)c3cc(Cn4cc(C)cn4)on3)CC2)C1. The average molecular weight is 433 g/mol. The van der Waals surface area contributed by atoms with Crippen LogP contribution in [0.1, 0.15) is 54.4 Å². The molecule has 2 aromatic rings. The Morgan fingerprint density at radius 1 is 1.32 bits per heavy atom. The van der Waals surface area contributed by atoms with Crippen molar-refractivity contribution in [2.24, 2.45) is 0 Å². The minimum Gasteiger partial charge on any atom is -0.379 e. The summed E-state index contributed by atoms with van der Waals surface area (Å²) in [5.74, 6) is 0.518. The predicted molar refractivity (Wildman–Crippen MR) is 112 cm³/mol. The summed E-state index contributed by atoms with van der Waals surface area (Å²) < 4.78 is 24.7. The van der Waals surface area contributed by atoms with Gasteiger partial charge in [0.1, 0.15) is 6.54 Å². The zero-order chi connectivity index (χ0) is 21.7. The summed E-state index contributed by atoms with van der Waals surface area (Å²) in [7, 11) is 0. The van der Waals surface area contributed by atoms with Crippen molar-refractivity contribution in [3.63, 3.8) is 0 Å². The first kappa shape index (κ1) is 22.0. The Morgan fingerprint density at radius 2 is 2.16 bits per heavy atom. The van der Waals surface area contributed by atoms with Crippen LogP contribution in [-0.2, 0) is 20.8 Å². The van der Waals surface area contributed by atoms with Gasteiger partial charge in [0, 0.05) is 45.0 Å². The van der Waals surface area contributed by atoms with E-state index in [1.807, 2.05) is 24.9 Å². The number of carbonyl (C=O) groups excluding carboxylic acids is 1. The Kier molecular flexibility index (Phi) is 7.04. The number of rotatable bonds is 8. The molecule has 9 heteroatoms. The summed E-state index contributed by atoms with van der Waals surface area (Å²) in [4.78, 5) is 14.8. The number of piperidine rings is 1. The number of hydrogen-bond acceptors (Lipinski definition) is 7. The molecule has 2 fully saturated rings. The molecule has 4 heterocycles. The molecule has 0 radical (unpaired) electrons. The third-order valence-electron chi connectivity index (χ3n) is 6.05. The maximum atomic E-state index is 12.9. The predicted octanol–water partition coefficient (Wildman–Crippen LogP) is 2.43. The Bertz CT molecular complexity index is 856. The first-order valence-corrected chi connectivity index (χ1v) is 11.1. The lowest BCUT2D eigenvalue weighted by Gasteiger charge is -2.45. The Morgan fingerprint density at radius 3 is 2.90 bits per heavy atom. The molecule has 1 amide bonds. The molecule has 0 bridgehead atoms. The summed E-state index contributed by atoms with van der Waals surface area (Å²) in [6.45, 7) is 8.36. The Balaban J connectivity index is 1.28. The van der Waals surface area contributed by atoms with Crippen LogP contribution in [0.25, 0.3) is 0 Å². The number of likely N-dealkylation sites (tertiary alicyclic amines) is 1. The summed E-state index contributed by atoms with van der Waals surface area (Å²) >= 11 is 0. The molecule has 1 unspecified atom stereocenters. The molecule has 0 N–H and O–H groups in total. The van der Waals surface area contributed by atoms with Crippen molar-refractivity contribution in [2.45, 2.75) is 57.8 Å². The Hall–Kier alpha value is -2.23. The smallest absolute Gasteiger partial charge is 0.276 e. The van der Waals surface area contributed by atoms with Gasteiger partial charge in [0.05, 0.1) is 31.1 Å². The number of aryl methyl sites for hydroxylation is 1. The topological polar surface area (TPSA) is 91.8 Å². The monoisotopic (exact) mass is 432 g/mol. The fraction of sp³-hybridized carbons (Fsp3) is 0.682. The molecule has 0 aliphatic carbocycles. The number of ether oxygens (including phenoxy) is 3. The molecule has 2 saturated heterocycles. The highest BCUT2D eigenvalue weighted by atomic mass is 16.5.